The number of rotatable bonds is 2. The first-order valence-electron chi connectivity index (χ1n) is 6.12. The maximum atomic E-state index is 12.4. The van der Waals surface area contributed by atoms with E-state index in [9.17, 15) is 9.59 Å². The van der Waals surface area contributed by atoms with E-state index in [1.54, 1.807) is 19.9 Å². The summed E-state index contributed by atoms with van der Waals surface area (Å²) in [6.45, 7) is 5.43. The van der Waals surface area contributed by atoms with Gasteiger partial charge in [0.1, 0.15) is 5.92 Å². The summed E-state index contributed by atoms with van der Waals surface area (Å²) in [5.41, 5.74) is 0.844. The third-order valence-corrected chi connectivity index (χ3v) is 4.30. The van der Waals surface area contributed by atoms with E-state index in [0.717, 1.165) is 11.1 Å². The van der Waals surface area contributed by atoms with Gasteiger partial charge in [0.2, 0.25) is 5.91 Å². The smallest absolute Gasteiger partial charge is 0.235 e. The summed E-state index contributed by atoms with van der Waals surface area (Å²) in [4.78, 5) is 24.5. The number of hydrogen-bond acceptors (Lipinski definition) is 2. The van der Waals surface area contributed by atoms with E-state index in [2.05, 4.69) is 21.2 Å². The van der Waals surface area contributed by atoms with Gasteiger partial charge < -0.3 is 5.32 Å². The lowest BCUT2D eigenvalue weighted by Crippen LogP contribution is -2.39. The number of carbonyl (C=O) groups excluding carboxylic acids is 2. The predicted octanol–water partition coefficient (Wildman–Crippen LogP) is 3.23. The molecule has 1 saturated heterocycles. The predicted molar refractivity (Wildman–Crippen MR) is 78.5 cm³/mol. The molecule has 0 saturated carbocycles. The van der Waals surface area contributed by atoms with E-state index in [1.807, 2.05) is 13.0 Å². The molecule has 3 nitrogen and oxygen atoms in total. The molecule has 5 heteroatoms. The molecule has 102 valence electrons. The molecule has 1 N–H and O–H groups in total. The van der Waals surface area contributed by atoms with E-state index in [1.165, 1.54) is 0 Å². The number of ketones is 1. The molecule has 0 aliphatic carbocycles. The molecule has 1 atom stereocenters. The average molecular weight is 345 g/mol. The summed E-state index contributed by atoms with van der Waals surface area (Å²) in [5.74, 6) is -1.10. The number of carbonyl (C=O) groups is 2. The first kappa shape index (κ1) is 14.5. The number of Topliss-reactive ketones (excluding diaryl/α,β-unsaturated/α-hetero) is 1. The van der Waals surface area contributed by atoms with Crippen molar-refractivity contribution < 1.29 is 9.59 Å². The van der Waals surface area contributed by atoms with Crippen molar-refractivity contribution in [3.8, 4) is 0 Å². The summed E-state index contributed by atoms with van der Waals surface area (Å²) < 4.78 is 0.711. The fourth-order valence-corrected chi connectivity index (χ4v) is 3.54. The highest BCUT2D eigenvalue weighted by molar-refractivity contribution is 9.10. The molecule has 1 aliphatic heterocycles. The molecule has 1 fully saturated rings. The fraction of sp³-hybridized carbons (Fsp3) is 0.429. The van der Waals surface area contributed by atoms with Crippen molar-refractivity contribution in [1.82, 2.24) is 5.32 Å². The largest absolute Gasteiger partial charge is 0.343 e. The second-order valence-electron chi connectivity index (χ2n) is 5.23. The van der Waals surface area contributed by atoms with Gasteiger partial charge in [0.25, 0.3) is 0 Å². The molecule has 1 aromatic carbocycles. The maximum absolute atomic E-state index is 12.4. The van der Waals surface area contributed by atoms with Crippen molar-refractivity contribution in [2.24, 2.45) is 0 Å². The van der Waals surface area contributed by atoms with Crippen LogP contribution in [0.1, 0.15) is 37.8 Å². The second-order valence-corrected chi connectivity index (χ2v) is 6.52. The zero-order chi connectivity index (χ0) is 14.4. The zero-order valence-corrected chi connectivity index (χ0v) is 13.4. The Morgan fingerprint density at radius 2 is 2.00 bits per heavy atom. The van der Waals surface area contributed by atoms with Gasteiger partial charge in [-0.15, -0.1) is 0 Å². The lowest BCUT2D eigenvalue weighted by Gasteiger charge is -2.17. The van der Waals surface area contributed by atoms with Crippen LogP contribution in [0.5, 0.6) is 0 Å². The minimum atomic E-state index is -0.814. The molecule has 2 rings (SSSR count). The van der Waals surface area contributed by atoms with Crippen LogP contribution in [0.2, 0.25) is 5.02 Å². The third kappa shape index (κ3) is 2.43. The molecule has 0 bridgehead atoms. The minimum absolute atomic E-state index is 0.102. The van der Waals surface area contributed by atoms with Crippen LogP contribution in [-0.2, 0) is 16.0 Å². The quantitative estimate of drug-likeness (QED) is 0.837. The van der Waals surface area contributed by atoms with Gasteiger partial charge in [0, 0.05) is 9.50 Å². The summed E-state index contributed by atoms with van der Waals surface area (Å²) in [5, 5.41) is 3.34. The van der Waals surface area contributed by atoms with Crippen molar-refractivity contribution in [3.05, 3.63) is 32.8 Å². The monoisotopic (exact) mass is 343 g/mol. The fourth-order valence-electron chi connectivity index (χ4n) is 2.44. The minimum Gasteiger partial charge on any atom is -0.343 e. The van der Waals surface area contributed by atoms with Crippen LogP contribution in [0.4, 0.5) is 0 Å². The molecule has 0 radical (unpaired) electrons. The topological polar surface area (TPSA) is 46.2 Å². The van der Waals surface area contributed by atoms with Crippen LogP contribution in [0, 0.1) is 0 Å². The molecule has 1 heterocycles. The van der Waals surface area contributed by atoms with Crippen molar-refractivity contribution in [2.45, 2.75) is 38.6 Å². The van der Waals surface area contributed by atoms with Gasteiger partial charge in [-0.2, -0.15) is 0 Å². The second kappa shape index (κ2) is 4.91. The van der Waals surface area contributed by atoms with Crippen molar-refractivity contribution in [1.29, 1.82) is 0 Å². The molecule has 1 aromatic rings. The maximum Gasteiger partial charge on any atom is 0.235 e. The Morgan fingerprint density at radius 3 is 2.47 bits per heavy atom. The molecule has 19 heavy (non-hydrogen) atoms. The summed E-state index contributed by atoms with van der Waals surface area (Å²) in [6, 6.07) is 3.54. The highest BCUT2D eigenvalue weighted by Crippen LogP contribution is 2.37. The number of aryl methyl sites for hydroxylation is 1. The SMILES string of the molecule is CCc1cc(Cl)cc(Br)c1C1C(=O)NC(C)(C)C1=O. The van der Waals surface area contributed by atoms with Gasteiger partial charge in [-0.25, -0.2) is 0 Å². The van der Waals surface area contributed by atoms with Crippen LogP contribution < -0.4 is 5.32 Å². The van der Waals surface area contributed by atoms with Crippen LogP contribution in [0.3, 0.4) is 0 Å². The van der Waals surface area contributed by atoms with Gasteiger partial charge in [-0.1, -0.05) is 34.5 Å². The van der Waals surface area contributed by atoms with Crippen LogP contribution in [-0.4, -0.2) is 17.2 Å². The molecule has 1 unspecified atom stereocenters. The highest BCUT2D eigenvalue weighted by atomic mass is 79.9. The van der Waals surface area contributed by atoms with Crippen LogP contribution in [0.25, 0.3) is 0 Å². The van der Waals surface area contributed by atoms with Crippen molar-refractivity contribution in [2.75, 3.05) is 0 Å². The number of hydrogen-bond donors (Lipinski definition) is 1. The zero-order valence-electron chi connectivity index (χ0n) is 11.0. The van der Waals surface area contributed by atoms with E-state index in [-0.39, 0.29) is 11.7 Å². The normalized spacial score (nSPS) is 21.6. The number of halogens is 2. The Bertz CT molecular complexity index is 569. The Kier molecular flexibility index (Phi) is 3.76. The van der Waals surface area contributed by atoms with Crippen LogP contribution in [0.15, 0.2) is 16.6 Å². The van der Waals surface area contributed by atoms with E-state index in [0.29, 0.717) is 15.9 Å². The molecule has 0 spiro atoms. The molecule has 1 amide bonds. The molecule has 0 aromatic heterocycles. The van der Waals surface area contributed by atoms with Crippen molar-refractivity contribution >= 4 is 39.2 Å². The lowest BCUT2D eigenvalue weighted by atomic mass is 9.86. The molecular weight excluding hydrogens is 330 g/mol. The lowest BCUT2D eigenvalue weighted by molar-refractivity contribution is -0.125. The summed E-state index contributed by atoms with van der Waals surface area (Å²) in [7, 11) is 0. The average Bonchev–Trinajstić information content (AvgIpc) is 2.49. The van der Waals surface area contributed by atoms with E-state index < -0.39 is 11.5 Å². The highest BCUT2D eigenvalue weighted by Gasteiger charge is 2.48. The Balaban J connectivity index is 2.60. The molecular formula is C14H15BrClNO2. The van der Waals surface area contributed by atoms with Gasteiger partial charge in [0.15, 0.2) is 5.78 Å². The Labute approximate surface area is 125 Å². The standard InChI is InChI=1S/C14H15BrClNO2/c1-4-7-5-8(16)6-9(15)10(7)11-12(18)14(2,3)17-13(11)19/h5-6,11H,4H2,1-3H3,(H,17,19). The van der Waals surface area contributed by atoms with Crippen LogP contribution >= 0.6 is 27.5 Å². The Morgan fingerprint density at radius 1 is 1.37 bits per heavy atom. The van der Waals surface area contributed by atoms with Gasteiger partial charge in [0.05, 0.1) is 5.54 Å². The van der Waals surface area contributed by atoms with Gasteiger partial charge in [-0.3, -0.25) is 9.59 Å². The number of benzene rings is 1. The third-order valence-electron chi connectivity index (χ3n) is 3.43. The first-order valence-corrected chi connectivity index (χ1v) is 7.29. The van der Waals surface area contributed by atoms with Gasteiger partial charge in [-0.05, 0) is 43.5 Å². The first-order chi connectivity index (χ1) is 8.77. The Hall–Kier alpha value is -0.870. The number of nitrogens with one attached hydrogen (secondary N) is 1. The summed E-state index contributed by atoms with van der Waals surface area (Å²) >= 11 is 9.45. The summed E-state index contributed by atoms with van der Waals surface area (Å²) in [6.07, 6.45) is 0.714. The van der Waals surface area contributed by atoms with Crippen molar-refractivity contribution in [3.63, 3.8) is 0 Å². The van der Waals surface area contributed by atoms with E-state index >= 15 is 0 Å². The van der Waals surface area contributed by atoms with E-state index in [4.69, 9.17) is 11.6 Å². The molecule has 1 aliphatic rings. The number of amides is 1. The van der Waals surface area contributed by atoms with Gasteiger partial charge >= 0.3 is 0 Å².